The predicted molar refractivity (Wildman–Crippen MR) is 187 cm³/mol. The molecule has 0 fully saturated rings. The first-order chi connectivity index (χ1) is 24.9. The van der Waals surface area contributed by atoms with E-state index in [2.05, 4.69) is 15.3 Å². The number of aliphatic hydroxyl groups is 1. The molecule has 0 radical (unpaired) electrons. The largest absolute Gasteiger partial charge is 0.507 e. The number of hydrogen-bond donors (Lipinski definition) is 3. The van der Waals surface area contributed by atoms with Crippen molar-refractivity contribution in [3.8, 4) is 34.5 Å². The molecular formula is C37H37ClFN3O10. The highest BCUT2D eigenvalue weighted by molar-refractivity contribution is 6.35. The normalized spacial score (nSPS) is 18.7. The van der Waals surface area contributed by atoms with Gasteiger partial charge in [0.2, 0.25) is 23.0 Å². The van der Waals surface area contributed by atoms with Crippen molar-refractivity contribution < 1.29 is 52.3 Å². The lowest BCUT2D eigenvalue weighted by molar-refractivity contribution is -0.121. The first kappa shape index (κ1) is 36.3. The third-order valence-corrected chi connectivity index (χ3v) is 9.87. The quantitative estimate of drug-likeness (QED) is 0.164. The lowest BCUT2D eigenvalue weighted by atomic mass is 9.69. The summed E-state index contributed by atoms with van der Waals surface area (Å²) in [6.45, 7) is 1.75. The number of allylic oxidation sites excluding steroid dienone is 1. The highest BCUT2D eigenvalue weighted by Gasteiger charge is 2.61. The van der Waals surface area contributed by atoms with Gasteiger partial charge in [0.1, 0.15) is 33.7 Å². The number of carbonyl (C=O) groups is 3. The molecule has 2 aliphatic rings. The second-order valence-electron chi connectivity index (χ2n) is 12.4. The minimum Gasteiger partial charge on any atom is -0.507 e. The summed E-state index contributed by atoms with van der Waals surface area (Å²) in [7, 11) is 7.03. The Bertz CT molecular complexity index is 2110. The van der Waals surface area contributed by atoms with E-state index in [1.54, 1.807) is 25.1 Å². The monoisotopic (exact) mass is 737 g/mol. The molecule has 52 heavy (non-hydrogen) atoms. The van der Waals surface area contributed by atoms with E-state index in [1.807, 2.05) is 0 Å². The molecule has 2 heterocycles. The number of H-pyrrole nitrogens is 1. The molecule has 4 aromatic rings. The van der Waals surface area contributed by atoms with Crippen molar-refractivity contribution in [1.29, 1.82) is 0 Å². The van der Waals surface area contributed by atoms with Gasteiger partial charge >= 0.3 is 0 Å². The maximum atomic E-state index is 14.4. The van der Waals surface area contributed by atoms with Crippen molar-refractivity contribution >= 4 is 40.1 Å². The van der Waals surface area contributed by atoms with Crippen molar-refractivity contribution in [1.82, 2.24) is 15.3 Å². The van der Waals surface area contributed by atoms with Crippen LogP contribution in [0.5, 0.6) is 34.5 Å². The fourth-order valence-corrected chi connectivity index (χ4v) is 7.22. The number of ether oxygens (including phenoxy) is 6. The van der Waals surface area contributed by atoms with Crippen LogP contribution in [0, 0.1) is 11.7 Å². The van der Waals surface area contributed by atoms with Gasteiger partial charge in [-0.3, -0.25) is 14.4 Å². The maximum absolute atomic E-state index is 14.4. The van der Waals surface area contributed by atoms with Crippen LogP contribution in [-0.2, 0) is 16.0 Å². The minimum atomic E-state index is -2.08. The summed E-state index contributed by atoms with van der Waals surface area (Å²) in [5, 5.41) is 15.1. The molecule has 1 aliphatic heterocycles. The molecule has 6 rings (SSSR count). The van der Waals surface area contributed by atoms with Crippen LogP contribution in [0.25, 0.3) is 11.0 Å². The van der Waals surface area contributed by atoms with E-state index in [0.29, 0.717) is 22.4 Å². The molecule has 1 aromatic heterocycles. The number of nitrogens with one attached hydrogen (secondary N) is 2. The van der Waals surface area contributed by atoms with Crippen LogP contribution in [0.15, 0.2) is 47.7 Å². The fraction of sp³-hybridized carbons (Fsp3) is 0.351. The Morgan fingerprint density at radius 2 is 1.71 bits per heavy atom. The number of nitrogens with zero attached hydrogens (tertiary/aromatic N) is 1. The number of methoxy groups -OCH3 is 5. The summed E-state index contributed by atoms with van der Waals surface area (Å²) in [5.41, 5.74) is -0.849. The van der Waals surface area contributed by atoms with Crippen molar-refractivity contribution in [2.45, 2.75) is 37.7 Å². The standard InChI is InChI=1S/C37H37ClFN3O10/c1-17-11-23(43)30(35(45)37(17)36(46)31-24(47-2)16-25(48-3)32(38)34(31)52-37)20(18-12-26(49-4)33(51-6)27(13-18)50-5)15-29(44)40-10-9-28-41-21-8-7-19(39)14-22(21)42-28/h7-8,12-14,16-17,20,45H,9-11,15H2,1-6H3,(H,40,44)(H,41,42)/t17-,20?,37+/m1/s1. The van der Waals surface area contributed by atoms with Gasteiger partial charge in [-0.2, -0.15) is 0 Å². The summed E-state index contributed by atoms with van der Waals surface area (Å²) in [4.78, 5) is 49.7. The zero-order chi connectivity index (χ0) is 37.5. The predicted octanol–water partition coefficient (Wildman–Crippen LogP) is 5.67. The summed E-state index contributed by atoms with van der Waals surface area (Å²) in [5.74, 6) is -3.23. The van der Waals surface area contributed by atoms with Gasteiger partial charge < -0.3 is 43.8 Å². The van der Waals surface area contributed by atoms with Crippen molar-refractivity contribution in [3.05, 3.63) is 75.5 Å². The molecule has 1 spiro atoms. The van der Waals surface area contributed by atoms with E-state index in [-0.39, 0.29) is 76.5 Å². The van der Waals surface area contributed by atoms with Crippen LogP contribution in [0.2, 0.25) is 5.02 Å². The summed E-state index contributed by atoms with van der Waals surface area (Å²) >= 11 is 6.62. The number of fused-ring (bicyclic) bond motifs is 2. The molecule has 0 saturated heterocycles. The van der Waals surface area contributed by atoms with E-state index in [4.69, 9.17) is 40.0 Å². The fourth-order valence-electron chi connectivity index (χ4n) is 6.96. The molecule has 3 N–H and O–H groups in total. The van der Waals surface area contributed by atoms with Gasteiger partial charge in [0.05, 0.1) is 46.6 Å². The van der Waals surface area contributed by atoms with Crippen LogP contribution in [0.3, 0.4) is 0 Å². The molecule has 274 valence electrons. The van der Waals surface area contributed by atoms with Crippen molar-refractivity contribution in [2.24, 2.45) is 5.92 Å². The first-order valence-corrected chi connectivity index (χ1v) is 16.7. The molecule has 1 unspecified atom stereocenters. The zero-order valence-electron chi connectivity index (χ0n) is 29.3. The topological polar surface area (TPSA) is 168 Å². The van der Waals surface area contributed by atoms with Gasteiger partial charge in [-0.25, -0.2) is 9.37 Å². The van der Waals surface area contributed by atoms with E-state index < -0.39 is 46.5 Å². The average Bonchev–Trinajstić information content (AvgIpc) is 3.68. The second-order valence-corrected chi connectivity index (χ2v) is 12.8. The molecule has 0 saturated carbocycles. The van der Waals surface area contributed by atoms with Gasteiger partial charge in [-0.1, -0.05) is 18.5 Å². The number of rotatable bonds is 12. The number of aliphatic hydroxyl groups excluding tert-OH is 1. The Morgan fingerprint density at radius 3 is 2.35 bits per heavy atom. The Morgan fingerprint density at radius 1 is 1.04 bits per heavy atom. The van der Waals surface area contributed by atoms with Gasteiger partial charge in [0, 0.05) is 49.3 Å². The van der Waals surface area contributed by atoms with Gasteiger partial charge in [0.15, 0.2) is 28.8 Å². The van der Waals surface area contributed by atoms with Crippen molar-refractivity contribution in [3.63, 3.8) is 0 Å². The summed E-state index contributed by atoms with van der Waals surface area (Å²) in [6, 6.07) is 8.78. The molecule has 1 amide bonds. The van der Waals surface area contributed by atoms with Crippen LogP contribution < -0.4 is 33.7 Å². The third kappa shape index (κ3) is 6.00. The number of halogens is 2. The molecular weight excluding hydrogens is 701 g/mol. The average molecular weight is 738 g/mol. The first-order valence-electron chi connectivity index (χ1n) is 16.3. The Labute approximate surface area is 303 Å². The van der Waals surface area contributed by atoms with E-state index in [0.717, 1.165) is 0 Å². The Kier molecular flexibility index (Phi) is 9.95. The zero-order valence-corrected chi connectivity index (χ0v) is 30.0. The Hall–Kier alpha value is -5.50. The molecule has 3 aromatic carbocycles. The number of aromatic nitrogens is 2. The van der Waals surface area contributed by atoms with E-state index >= 15 is 0 Å². The van der Waals surface area contributed by atoms with E-state index in [9.17, 15) is 23.9 Å². The molecule has 0 bridgehead atoms. The van der Waals surface area contributed by atoms with E-state index in [1.165, 1.54) is 53.7 Å². The highest BCUT2D eigenvalue weighted by atomic mass is 35.5. The smallest absolute Gasteiger partial charge is 0.231 e. The van der Waals surface area contributed by atoms with Gasteiger partial charge in [-0.15, -0.1) is 0 Å². The number of ketones is 2. The summed E-state index contributed by atoms with van der Waals surface area (Å²) in [6.07, 6.45) is -0.277. The van der Waals surface area contributed by atoms with Crippen LogP contribution in [0.1, 0.15) is 47.4 Å². The van der Waals surface area contributed by atoms with Crippen LogP contribution in [-0.4, -0.2) is 80.2 Å². The molecule has 3 atom stereocenters. The molecule has 13 nitrogen and oxygen atoms in total. The molecule has 15 heteroatoms. The minimum absolute atomic E-state index is 0.0166. The second kappa shape index (κ2) is 14.3. The number of amides is 1. The SMILES string of the molecule is COc1cc(OC)c2c(c1Cl)O[C@]1(C2=O)C(O)=C(C(CC(=O)NCCc2nc3ccc(F)cc3[nH]2)c2cc(OC)c(OC)c(OC)c2)C(=O)C[C@H]1C. The van der Waals surface area contributed by atoms with Crippen LogP contribution in [0.4, 0.5) is 4.39 Å². The number of carbonyl (C=O) groups excluding carboxylic acids is 3. The third-order valence-electron chi connectivity index (χ3n) is 9.52. The number of benzene rings is 3. The Balaban J connectivity index is 1.42. The highest BCUT2D eigenvalue weighted by Crippen LogP contribution is 2.56. The van der Waals surface area contributed by atoms with Crippen LogP contribution >= 0.6 is 11.6 Å². The van der Waals surface area contributed by atoms with Gasteiger partial charge in [0.25, 0.3) is 0 Å². The van der Waals surface area contributed by atoms with Gasteiger partial charge in [-0.05, 0) is 35.9 Å². The number of Topliss-reactive ketones (excluding diaryl/α,β-unsaturated/α-hetero) is 2. The number of imidazole rings is 1. The lowest BCUT2D eigenvalue weighted by Gasteiger charge is -2.38. The lowest BCUT2D eigenvalue weighted by Crippen LogP contribution is -2.53. The number of hydrogen-bond acceptors (Lipinski definition) is 11. The molecule has 1 aliphatic carbocycles. The maximum Gasteiger partial charge on any atom is 0.231 e. The number of aromatic amines is 1. The van der Waals surface area contributed by atoms with Crippen molar-refractivity contribution in [2.75, 3.05) is 42.1 Å². The summed E-state index contributed by atoms with van der Waals surface area (Å²) < 4.78 is 47.5.